The van der Waals surface area contributed by atoms with Crippen LogP contribution >= 0.6 is 0 Å². The van der Waals surface area contributed by atoms with Gasteiger partial charge in [-0.3, -0.25) is 4.79 Å². The van der Waals surface area contributed by atoms with Crippen molar-refractivity contribution in [2.24, 2.45) is 29.6 Å². The predicted molar refractivity (Wildman–Crippen MR) is 56.0 cm³/mol. The number of carbonyl (C=O) groups is 1. The van der Waals surface area contributed by atoms with Gasteiger partial charge in [0.05, 0.1) is 6.61 Å². The lowest BCUT2D eigenvalue weighted by Gasteiger charge is -2.13. The molecule has 0 aliphatic heterocycles. The quantitative estimate of drug-likeness (QED) is 0.721. The van der Waals surface area contributed by atoms with Crippen LogP contribution in [0.1, 0.15) is 26.2 Å². The largest absolute Gasteiger partial charge is 0.394 e. The standard InChI is InChI=1S/C12H19NO2/c1-6(5-14)13-12(15)11-9-7-2-3-8(4-7)10(9)11/h6-11,14H,2-5H2,1H3,(H,13,15)/t6-,7?,8?,9?,10?,11?/m1/s1. The summed E-state index contributed by atoms with van der Waals surface area (Å²) in [6.07, 6.45) is 4.09. The van der Waals surface area contributed by atoms with Gasteiger partial charge < -0.3 is 10.4 Å². The van der Waals surface area contributed by atoms with Gasteiger partial charge in [0.25, 0.3) is 0 Å². The topological polar surface area (TPSA) is 49.3 Å². The summed E-state index contributed by atoms with van der Waals surface area (Å²) in [4.78, 5) is 11.9. The molecule has 0 radical (unpaired) electrons. The maximum atomic E-state index is 11.9. The number of aliphatic hydroxyl groups is 1. The lowest BCUT2D eigenvalue weighted by atomic mass is 10.0. The maximum absolute atomic E-state index is 11.9. The Bertz CT molecular complexity index is 275. The zero-order valence-electron chi connectivity index (χ0n) is 9.15. The Morgan fingerprint density at radius 2 is 2.00 bits per heavy atom. The molecule has 3 aliphatic carbocycles. The van der Waals surface area contributed by atoms with Gasteiger partial charge >= 0.3 is 0 Å². The van der Waals surface area contributed by atoms with Crippen LogP contribution in [-0.4, -0.2) is 23.7 Å². The monoisotopic (exact) mass is 209 g/mol. The molecule has 4 unspecified atom stereocenters. The number of rotatable bonds is 3. The second-order valence-corrected chi connectivity index (χ2v) is 5.61. The molecule has 0 aromatic rings. The smallest absolute Gasteiger partial charge is 0.223 e. The van der Waals surface area contributed by atoms with Gasteiger partial charge in [0, 0.05) is 12.0 Å². The third-order valence-electron chi connectivity index (χ3n) is 4.70. The van der Waals surface area contributed by atoms with Crippen LogP contribution in [0.2, 0.25) is 0 Å². The molecule has 84 valence electrons. The summed E-state index contributed by atoms with van der Waals surface area (Å²) in [5.41, 5.74) is 0. The molecule has 2 bridgehead atoms. The first-order valence-corrected chi connectivity index (χ1v) is 6.13. The van der Waals surface area contributed by atoms with Gasteiger partial charge in [-0.1, -0.05) is 0 Å². The number of amides is 1. The van der Waals surface area contributed by atoms with Gasteiger partial charge in [0.2, 0.25) is 5.91 Å². The van der Waals surface area contributed by atoms with Crippen LogP contribution in [0.25, 0.3) is 0 Å². The van der Waals surface area contributed by atoms with Crippen LogP contribution in [0.5, 0.6) is 0 Å². The predicted octanol–water partition coefficient (Wildman–Crippen LogP) is 0.775. The molecule has 3 fully saturated rings. The summed E-state index contributed by atoms with van der Waals surface area (Å²) in [5, 5.41) is 11.8. The van der Waals surface area contributed by atoms with Crippen LogP contribution in [0.3, 0.4) is 0 Å². The highest BCUT2D eigenvalue weighted by Crippen LogP contribution is 2.69. The van der Waals surface area contributed by atoms with Gasteiger partial charge in [-0.2, -0.15) is 0 Å². The van der Waals surface area contributed by atoms with Crippen LogP contribution in [0.4, 0.5) is 0 Å². The van der Waals surface area contributed by atoms with Gasteiger partial charge in [-0.15, -0.1) is 0 Å². The van der Waals surface area contributed by atoms with E-state index in [-0.39, 0.29) is 18.6 Å². The zero-order valence-corrected chi connectivity index (χ0v) is 9.15. The molecule has 0 saturated heterocycles. The number of nitrogens with one attached hydrogen (secondary N) is 1. The molecule has 0 spiro atoms. The van der Waals surface area contributed by atoms with E-state index in [1.54, 1.807) is 0 Å². The van der Waals surface area contributed by atoms with Gasteiger partial charge in [-0.25, -0.2) is 0 Å². The first-order chi connectivity index (χ1) is 7.22. The highest BCUT2D eigenvalue weighted by Gasteiger charge is 2.67. The fourth-order valence-electron chi connectivity index (χ4n) is 4.06. The molecule has 3 rings (SSSR count). The van der Waals surface area contributed by atoms with E-state index in [9.17, 15) is 4.79 Å². The minimum atomic E-state index is -0.0866. The number of hydrogen-bond donors (Lipinski definition) is 2. The van der Waals surface area contributed by atoms with Gasteiger partial charge in [0.1, 0.15) is 0 Å². The molecule has 3 heteroatoms. The Hall–Kier alpha value is -0.570. The van der Waals surface area contributed by atoms with E-state index in [0.29, 0.717) is 17.8 Å². The molecule has 15 heavy (non-hydrogen) atoms. The molecule has 1 amide bonds. The molecular weight excluding hydrogens is 190 g/mol. The lowest BCUT2D eigenvalue weighted by molar-refractivity contribution is -0.124. The first kappa shape index (κ1) is 9.64. The second-order valence-electron chi connectivity index (χ2n) is 5.61. The first-order valence-electron chi connectivity index (χ1n) is 6.13. The lowest BCUT2D eigenvalue weighted by Crippen LogP contribution is -2.37. The number of fused-ring (bicyclic) bond motifs is 5. The fourth-order valence-corrected chi connectivity index (χ4v) is 4.06. The third kappa shape index (κ3) is 1.32. The van der Waals surface area contributed by atoms with Crippen LogP contribution in [0, 0.1) is 29.6 Å². The van der Waals surface area contributed by atoms with Crippen LogP contribution < -0.4 is 5.32 Å². The van der Waals surface area contributed by atoms with Crippen molar-refractivity contribution in [3.05, 3.63) is 0 Å². The third-order valence-corrected chi connectivity index (χ3v) is 4.70. The number of hydrogen-bond acceptors (Lipinski definition) is 2. The van der Waals surface area contributed by atoms with Crippen molar-refractivity contribution in [3.63, 3.8) is 0 Å². The summed E-state index contributed by atoms with van der Waals surface area (Å²) in [6, 6.07) is -0.0866. The van der Waals surface area contributed by atoms with Gasteiger partial charge in [0.15, 0.2) is 0 Å². The number of aliphatic hydroxyl groups excluding tert-OH is 1. The molecule has 0 heterocycles. The summed E-state index contributed by atoms with van der Waals surface area (Å²) < 4.78 is 0. The highest BCUT2D eigenvalue weighted by atomic mass is 16.3. The molecule has 3 aliphatic rings. The van der Waals surface area contributed by atoms with E-state index in [2.05, 4.69) is 5.32 Å². The Balaban J connectivity index is 1.60. The van der Waals surface area contributed by atoms with Crippen molar-refractivity contribution < 1.29 is 9.90 Å². The van der Waals surface area contributed by atoms with Crippen molar-refractivity contribution in [3.8, 4) is 0 Å². The van der Waals surface area contributed by atoms with E-state index in [1.165, 1.54) is 19.3 Å². The zero-order chi connectivity index (χ0) is 10.6. The number of carbonyl (C=O) groups excluding carboxylic acids is 1. The van der Waals surface area contributed by atoms with Crippen molar-refractivity contribution in [1.29, 1.82) is 0 Å². The van der Waals surface area contributed by atoms with E-state index in [4.69, 9.17) is 5.11 Å². The van der Waals surface area contributed by atoms with Crippen molar-refractivity contribution in [1.82, 2.24) is 5.32 Å². The normalized spacial score (nSPS) is 47.5. The fraction of sp³-hybridized carbons (Fsp3) is 0.917. The van der Waals surface area contributed by atoms with E-state index in [1.807, 2.05) is 6.92 Å². The minimum Gasteiger partial charge on any atom is -0.394 e. The summed E-state index contributed by atoms with van der Waals surface area (Å²) in [7, 11) is 0. The van der Waals surface area contributed by atoms with Crippen molar-refractivity contribution >= 4 is 5.91 Å². The molecule has 3 nitrogen and oxygen atoms in total. The molecule has 2 N–H and O–H groups in total. The second kappa shape index (κ2) is 3.21. The summed E-state index contributed by atoms with van der Waals surface area (Å²) >= 11 is 0. The summed E-state index contributed by atoms with van der Waals surface area (Å²) in [6.45, 7) is 1.89. The van der Waals surface area contributed by atoms with E-state index >= 15 is 0 Å². The molecule has 3 saturated carbocycles. The Morgan fingerprint density at radius 3 is 2.53 bits per heavy atom. The SMILES string of the molecule is C[C@H](CO)NC(=O)C1C2C3CCC(C3)C12. The average molecular weight is 209 g/mol. The van der Waals surface area contributed by atoms with Crippen molar-refractivity contribution in [2.45, 2.75) is 32.2 Å². The average Bonchev–Trinajstić information content (AvgIpc) is 2.68. The molecular formula is C12H19NO2. The van der Waals surface area contributed by atoms with E-state index in [0.717, 1.165) is 11.8 Å². The molecule has 5 atom stereocenters. The highest BCUT2D eigenvalue weighted by molar-refractivity contribution is 5.83. The molecule has 0 aromatic heterocycles. The Labute approximate surface area is 90.2 Å². The van der Waals surface area contributed by atoms with Crippen LogP contribution in [-0.2, 0) is 4.79 Å². The Kier molecular flexibility index (Phi) is 2.06. The maximum Gasteiger partial charge on any atom is 0.223 e. The van der Waals surface area contributed by atoms with Gasteiger partial charge in [-0.05, 0) is 49.9 Å². The minimum absolute atomic E-state index is 0.0423. The molecule has 0 aromatic carbocycles. The van der Waals surface area contributed by atoms with Crippen molar-refractivity contribution in [2.75, 3.05) is 6.61 Å². The van der Waals surface area contributed by atoms with E-state index < -0.39 is 0 Å². The van der Waals surface area contributed by atoms with Crippen LogP contribution in [0.15, 0.2) is 0 Å². The summed E-state index contributed by atoms with van der Waals surface area (Å²) in [5.74, 6) is 3.60. The Morgan fingerprint density at radius 1 is 1.40 bits per heavy atom.